The van der Waals surface area contributed by atoms with Crippen molar-refractivity contribution in [2.45, 2.75) is 57.3 Å². The molecule has 12 heteroatoms. The Morgan fingerprint density at radius 2 is 1.35 bits per heavy atom. The van der Waals surface area contributed by atoms with Gasteiger partial charge in [0.25, 0.3) is 0 Å². The van der Waals surface area contributed by atoms with E-state index in [2.05, 4.69) is 28.6 Å². The molecule has 0 rings (SSSR count). The molecule has 3 amide bonds. The van der Waals surface area contributed by atoms with Gasteiger partial charge in [0.15, 0.2) is 0 Å². The molecule has 0 aromatic heterocycles. The third kappa shape index (κ3) is 12.5. The fourth-order valence-electron chi connectivity index (χ4n) is 2.59. The van der Waals surface area contributed by atoms with E-state index in [4.69, 9.17) is 5.73 Å². The summed E-state index contributed by atoms with van der Waals surface area (Å²) >= 11 is 7.19. The van der Waals surface area contributed by atoms with E-state index in [9.17, 15) is 24.3 Å². The summed E-state index contributed by atoms with van der Waals surface area (Å²) in [7, 11) is 0. The first-order valence-corrected chi connectivity index (χ1v) is 13.5. The van der Waals surface area contributed by atoms with Crippen LogP contribution in [0, 0.1) is 5.92 Å². The lowest BCUT2D eigenvalue weighted by atomic mass is 10.0. The number of carbonyl (C=O) groups is 4. The van der Waals surface area contributed by atoms with E-state index in [1.807, 2.05) is 26.4 Å². The molecule has 0 fully saturated rings. The van der Waals surface area contributed by atoms with Crippen molar-refractivity contribution in [2.24, 2.45) is 11.7 Å². The number of hydrogen-bond donors (Lipinski definition) is 6. The van der Waals surface area contributed by atoms with E-state index in [1.54, 1.807) is 11.8 Å². The summed E-state index contributed by atoms with van der Waals surface area (Å²) in [5.74, 6) is -1.35. The van der Waals surface area contributed by atoms with Gasteiger partial charge in [0.05, 0.1) is 6.04 Å². The van der Waals surface area contributed by atoms with Crippen molar-refractivity contribution in [3.63, 3.8) is 0 Å². The summed E-state index contributed by atoms with van der Waals surface area (Å²) in [6, 6.07) is -3.69. The molecule has 0 aliphatic carbocycles. The average molecular weight is 497 g/mol. The number of thioether (sulfide) groups is 2. The summed E-state index contributed by atoms with van der Waals surface area (Å²) in [5.41, 5.74) is 5.84. The molecule has 4 unspecified atom stereocenters. The van der Waals surface area contributed by atoms with Crippen molar-refractivity contribution in [3.05, 3.63) is 0 Å². The van der Waals surface area contributed by atoms with Crippen LogP contribution in [0.1, 0.15) is 33.1 Å². The smallest absolute Gasteiger partial charge is 0.326 e. The quantitative estimate of drug-likeness (QED) is 0.167. The Kier molecular flexibility index (Phi) is 15.9. The third-order valence-corrected chi connectivity index (χ3v) is 6.00. The minimum absolute atomic E-state index is 0.0226. The molecular formula is C19H36N4O5S3. The number of carboxylic acids is 1. The molecule has 0 radical (unpaired) electrons. The summed E-state index contributed by atoms with van der Waals surface area (Å²) < 4.78 is 0. The van der Waals surface area contributed by atoms with E-state index >= 15 is 0 Å². The predicted octanol–water partition coefficient (Wildman–Crippen LogP) is 0.335. The molecule has 0 aromatic carbocycles. The molecule has 0 saturated carbocycles. The minimum Gasteiger partial charge on any atom is -0.480 e. The minimum atomic E-state index is -1.13. The van der Waals surface area contributed by atoms with Gasteiger partial charge in [0.1, 0.15) is 18.1 Å². The number of carbonyl (C=O) groups excluding carboxylic acids is 3. The van der Waals surface area contributed by atoms with Gasteiger partial charge < -0.3 is 26.8 Å². The van der Waals surface area contributed by atoms with Crippen LogP contribution < -0.4 is 21.7 Å². The Hall–Kier alpha value is -1.11. The molecule has 0 spiro atoms. The first-order valence-electron chi connectivity index (χ1n) is 10.1. The molecular weight excluding hydrogens is 460 g/mol. The summed E-state index contributed by atoms with van der Waals surface area (Å²) in [4.78, 5) is 49.1. The number of thiol groups is 1. The number of nitrogens with one attached hydrogen (secondary N) is 3. The molecule has 6 N–H and O–H groups in total. The van der Waals surface area contributed by atoms with Gasteiger partial charge in [-0.3, -0.25) is 14.4 Å². The van der Waals surface area contributed by atoms with Crippen LogP contribution in [0.3, 0.4) is 0 Å². The van der Waals surface area contributed by atoms with Crippen LogP contribution in [0.4, 0.5) is 0 Å². The SMILES string of the molecule is CSCCC(N)C(=O)NC(CS)C(=O)NC(CCSC)C(=O)NC(CC(C)C)C(=O)O. The lowest BCUT2D eigenvalue weighted by molar-refractivity contribution is -0.142. The summed E-state index contributed by atoms with van der Waals surface area (Å²) in [5, 5.41) is 17.1. The van der Waals surface area contributed by atoms with Crippen LogP contribution >= 0.6 is 36.2 Å². The highest BCUT2D eigenvalue weighted by Gasteiger charge is 2.29. The molecule has 0 aliphatic rings. The highest BCUT2D eigenvalue weighted by Crippen LogP contribution is 2.08. The molecule has 0 heterocycles. The molecule has 0 aromatic rings. The van der Waals surface area contributed by atoms with Gasteiger partial charge in [-0.15, -0.1) is 0 Å². The lowest BCUT2D eigenvalue weighted by Crippen LogP contribution is -2.57. The second-order valence-electron chi connectivity index (χ2n) is 7.50. The Morgan fingerprint density at radius 3 is 1.84 bits per heavy atom. The number of nitrogens with two attached hydrogens (primary N) is 1. The first kappa shape index (κ1) is 29.9. The average Bonchev–Trinajstić information content (AvgIpc) is 2.71. The van der Waals surface area contributed by atoms with Crippen molar-refractivity contribution in [3.8, 4) is 0 Å². The fraction of sp³-hybridized carbons (Fsp3) is 0.789. The van der Waals surface area contributed by atoms with Crippen molar-refractivity contribution >= 4 is 59.8 Å². The molecule has 180 valence electrons. The largest absolute Gasteiger partial charge is 0.480 e. The molecule has 31 heavy (non-hydrogen) atoms. The first-order chi connectivity index (χ1) is 14.6. The monoisotopic (exact) mass is 496 g/mol. The maximum atomic E-state index is 12.7. The highest BCUT2D eigenvalue weighted by atomic mass is 32.2. The van der Waals surface area contributed by atoms with Gasteiger partial charge in [0, 0.05) is 5.75 Å². The van der Waals surface area contributed by atoms with Gasteiger partial charge in [-0.25, -0.2) is 4.79 Å². The number of hydrogen-bond acceptors (Lipinski definition) is 8. The van der Waals surface area contributed by atoms with Crippen LogP contribution in [0.5, 0.6) is 0 Å². The van der Waals surface area contributed by atoms with Gasteiger partial charge in [-0.1, -0.05) is 13.8 Å². The topological polar surface area (TPSA) is 151 Å². The van der Waals surface area contributed by atoms with Crippen molar-refractivity contribution in [1.82, 2.24) is 16.0 Å². The zero-order valence-corrected chi connectivity index (χ0v) is 21.1. The van der Waals surface area contributed by atoms with Crippen LogP contribution in [0.25, 0.3) is 0 Å². The van der Waals surface area contributed by atoms with Crippen LogP contribution in [-0.2, 0) is 19.2 Å². The maximum absolute atomic E-state index is 12.7. The third-order valence-electron chi connectivity index (χ3n) is 4.35. The van der Waals surface area contributed by atoms with Crippen molar-refractivity contribution < 1.29 is 24.3 Å². The highest BCUT2D eigenvalue weighted by molar-refractivity contribution is 7.98. The molecule has 4 atom stereocenters. The Labute approximate surface area is 198 Å². The standard InChI is InChI=1S/C19H36N4O5S3/c1-11(2)9-14(19(27)28)22-17(25)13(6-8-31-4)21-18(26)15(10-29)23-16(24)12(20)5-7-30-3/h11-15,29H,5-10,20H2,1-4H3,(H,21,26)(H,22,25)(H,23,24)(H,27,28). The Balaban J connectivity index is 5.16. The molecule has 0 saturated heterocycles. The second kappa shape index (κ2) is 16.5. The van der Waals surface area contributed by atoms with E-state index in [0.29, 0.717) is 24.3 Å². The predicted molar refractivity (Wildman–Crippen MR) is 131 cm³/mol. The number of aliphatic carboxylic acids is 1. The Morgan fingerprint density at radius 1 is 0.871 bits per heavy atom. The van der Waals surface area contributed by atoms with Gasteiger partial charge in [-0.05, 0) is 49.2 Å². The maximum Gasteiger partial charge on any atom is 0.326 e. The van der Waals surface area contributed by atoms with Crippen LogP contribution in [0.15, 0.2) is 0 Å². The van der Waals surface area contributed by atoms with Crippen LogP contribution in [-0.4, -0.2) is 82.7 Å². The van der Waals surface area contributed by atoms with Gasteiger partial charge >= 0.3 is 5.97 Å². The van der Waals surface area contributed by atoms with Gasteiger partial charge in [-0.2, -0.15) is 36.2 Å². The van der Waals surface area contributed by atoms with E-state index in [1.165, 1.54) is 11.8 Å². The van der Waals surface area contributed by atoms with E-state index in [-0.39, 0.29) is 18.1 Å². The Bertz CT molecular complexity index is 595. The summed E-state index contributed by atoms with van der Waals surface area (Å²) in [6.07, 6.45) is 4.83. The zero-order valence-electron chi connectivity index (χ0n) is 18.6. The molecule has 0 aliphatic heterocycles. The van der Waals surface area contributed by atoms with Gasteiger partial charge in [0.2, 0.25) is 17.7 Å². The van der Waals surface area contributed by atoms with E-state index < -0.39 is 47.9 Å². The van der Waals surface area contributed by atoms with Crippen molar-refractivity contribution in [1.29, 1.82) is 0 Å². The zero-order chi connectivity index (χ0) is 24.0. The molecule has 0 bridgehead atoms. The lowest BCUT2D eigenvalue weighted by Gasteiger charge is -2.25. The molecule has 9 nitrogen and oxygen atoms in total. The fourth-order valence-corrected chi connectivity index (χ4v) is 3.81. The van der Waals surface area contributed by atoms with Crippen LogP contribution in [0.2, 0.25) is 0 Å². The van der Waals surface area contributed by atoms with E-state index in [0.717, 1.165) is 0 Å². The summed E-state index contributed by atoms with van der Waals surface area (Å²) in [6.45, 7) is 3.72. The number of carboxylic acid groups (broad SMARTS) is 1. The number of rotatable bonds is 16. The second-order valence-corrected chi connectivity index (χ2v) is 9.84. The van der Waals surface area contributed by atoms with Crippen molar-refractivity contribution in [2.75, 3.05) is 29.8 Å². The number of amides is 3. The normalized spacial score (nSPS) is 14.9.